The van der Waals surface area contributed by atoms with Gasteiger partial charge in [-0.25, -0.2) is 13.1 Å². The first-order chi connectivity index (χ1) is 7.37. The zero-order valence-corrected chi connectivity index (χ0v) is 11.9. The van der Waals surface area contributed by atoms with E-state index in [0.29, 0.717) is 18.4 Å². The second-order valence-corrected chi connectivity index (χ2v) is 7.04. The molecule has 1 N–H and O–H groups in total. The standard InChI is InChI=1S/C12H27NO2S/c1-5-6-7-8-16(14,15)13-10-12(4)9-11(2)3/h11-13H,5-10H2,1-4H3. The third-order valence-electron chi connectivity index (χ3n) is 2.54. The Bertz CT molecular complexity index is 260. The fraction of sp³-hybridized carbons (Fsp3) is 1.00. The molecule has 0 aromatic rings. The van der Waals surface area contributed by atoms with Gasteiger partial charge in [-0.15, -0.1) is 0 Å². The molecular formula is C12H27NO2S. The molecule has 0 rings (SSSR count). The van der Waals surface area contributed by atoms with Crippen molar-refractivity contribution in [3.63, 3.8) is 0 Å². The number of hydrogen-bond acceptors (Lipinski definition) is 2. The molecule has 98 valence electrons. The van der Waals surface area contributed by atoms with Crippen LogP contribution in [-0.2, 0) is 10.0 Å². The summed E-state index contributed by atoms with van der Waals surface area (Å²) in [7, 11) is -3.03. The van der Waals surface area contributed by atoms with E-state index in [1.165, 1.54) is 0 Å². The third-order valence-corrected chi connectivity index (χ3v) is 3.97. The monoisotopic (exact) mass is 249 g/mol. The van der Waals surface area contributed by atoms with Crippen LogP contribution in [0.1, 0.15) is 53.4 Å². The van der Waals surface area contributed by atoms with Gasteiger partial charge in [0.2, 0.25) is 10.0 Å². The normalized spacial score (nSPS) is 14.3. The number of unbranched alkanes of at least 4 members (excludes halogenated alkanes) is 2. The van der Waals surface area contributed by atoms with Crippen molar-refractivity contribution in [3.05, 3.63) is 0 Å². The molecule has 1 atom stereocenters. The Morgan fingerprint density at radius 2 is 1.75 bits per heavy atom. The number of rotatable bonds is 9. The van der Waals surface area contributed by atoms with Crippen LogP contribution in [0.2, 0.25) is 0 Å². The fourth-order valence-corrected chi connectivity index (χ4v) is 3.04. The predicted molar refractivity (Wildman–Crippen MR) is 69.9 cm³/mol. The van der Waals surface area contributed by atoms with E-state index in [1.807, 2.05) is 0 Å². The summed E-state index contributed by atoms with van der Waals surface area (Å²) in [6.07, 6.45) is 3.88. The molecule has 0 saturated heterocycles. The van der Waals surface area contributed by atoms with Gasteiger partial charge in [0, 0.05) is 6.54 Å². The van der Waals surface area contributed by atoms with Crippen LogP contribution in [0.15, 0.2) is 0 Å². The first-order valence-electron chi connectivity index (χ1n) is 6.34. The Hall–Kier alpha value is -0.0900. The van der Waals surface area contributed by atoms with Gasteiger partial charge in [0.05, 0.1) is 5.75 Å². The zero-order chi connectivity index (χ0) is 12.6. The Balaban J connectivity index is 3.81. The van der Waals surface area contributed by atoms with E-state index < -0.39 is 10.0 Å². The van der Waals surface area contributed by atoms with Crippen LogP contribution in [0.25, 0.3) is 0 Å². The highest BCUT2D eigenvalue weighted by molar-refractivity contribution is 7.89. The Labute approximate surface area is 101 Å². The maximum absolute atomic E-state index is 11.6. The molecule has 0 aliphatic heterocycles. The van der Waals surface area contributed by atoms with Gasteiger partial charge in [-0.05, 0) is 24.7 Å². The Morgan fingerprint density at radius 1 is 1.12 bits per heavy atom. The zero-order valence-electron chi connectivity index (χ0n) is 11.1. The van der Waals surface area contributed by atoms with Gasteiger partial charge >= 0.3 is 0 Å². The van der Waals surface area contributed by atoms with Crippen molar-refractivity contribution in [3.8, 4) is 0 Å². The van der Waals surface area contributed by atoms with Crippen LogP contribution in [-0.4, -0.2) is 20.7 Å². The number of nitrogens with one attached hydrogen (secondary N) is 1. The van der Waals surface area contributed by atoms with Crippen LogP contribution >= 0.6 is 0 Å². The van der Waals surface area contributed by atoms with Crippen LogP contribution in [0.5, 0.6) is 0 Å². The molecule has 4 heteroatoms. The molecule has 0 radical (unpaired) electrons. The topological polar surface area (TPSA) is 46.2 Å². The average Bonchev–Trinajstić information content (AvgIpc) is 2.14. The van der Waals surface area contributed by atoms with Crippen molar-refractivity contribution in [2.45, 2.75) is 53.4 Å². The highest BCUT2D eigenvalue weighted by Crippen LogP contribution is 2.10. The lowest BCUT2D eigenvalue weighted by molar-refractivity contribution is 0.433. The van der Waals surface area contributed by atoms with Gasteiger partial charge in [0.1, 0.15) is 0 Å². The molecule has 0 heterocycles. The second kappa shape index (κ2) is 8.07. The second-order valence-electron chi connectivity index (χ2n) is 5.11. The number of hydrogen-bond donors (Lipinski definition) is 1. The molecule has 1 unspecified atom stereocenters. The molecule has 0 bridgehead atoms. The van der Waals surface area contributed by atoms with Crippen molar-refractivity contribution < 1.29 is 8.42 Å². The molecule has 3 nitrogen and oxygen atoms in total. The average molecular weight is 249 g/mol. The van der Waals surface area contributed by atoms with Crippen LogP contribution in [0, 0.1) is 11.8 Å². The fourth-order valence-electron chi connectivity index (χ4n) is 1.77. The van der Waals surface area contributed by atoms with E-state index in [0.717, 1.165) is 25.7 Å². The van der Waals surface area contributed by atoms with E-state index in [1.54, 1.807) is 0 Å². The smallest absolute Gasteiger partial charge is 0.211 e. The quantitative estimate of drug-likeness (QED) is 0.639. The first kappa shape index (κ1) is 15.9. The lowest BCUT2D eigenvalue weighted by Crippen LogP contribution is -2.30. The summed E-state index contributed by atoms with van der Waals surface area (Å²) < 4.78 is 25.9. The SMILES string of the molecule is CCCCCS(=O)(=O)NCC(C)CC(C)C. The van der Waals surface area contributed by atoms with Crippen molar-refractivity contribution in [1.29, 1.82) is 0 Å². The molecule has 0 amide bonds. The molecule has 0 aromatic carbocycles. The maximum Gasteiger partial charge on any atom is 0.211 e. The number of sulfonamides is 1. The van der Waals surface area contributed by atoms with E-state index in [2.05, 4.69) is 32.4 Å². The summed E-state index contributed by atoms with van der Waals surface area (Å²) >= 11 is 0. The highest BCUT2D eigenvalue weighted by Gasteiger charge is 2.12. The maximum atomic E-state index is 11.6. The molecule has 0 aromatic heterocycles. The lowest BCUT2D eigenvalue weighted by Gasteiger charge is -2.14. The van der Waals surface area contributed by atoms with Gasteiger partial charge in [-0.3, -0.25) is 0 Å². The van der Waals surface area contributed by atoms with Gasteiger partial charge in [-0.2, -0.15) is 0 Å². The largest absolute Gasteiger partial charge is 0.215 e. The molecule has 0 saturated carbocycles. The minimum atomic E-state index is -3.03. The van der Waals surface area contributed by atoms with Crippen molar-refractivity contribution in [2.24, 2.45) is 11.8 Å². The summed E-state index contributed by atoms with van der Waals surface area (Å²) in [5.41, 5.74) is 0. The van der Waals surface area contributed by atoms with Gasteiger partial charge in [0.15, 0.2) is 0 Å². The molecule has 16 heavy (non-hydrogen) atoms. The van der Waals surface area contributed by atoms with Gasteiger partial charge in [0.25, 0.3) is 0 Å². The lowest BCUT2D eigenvalue weighted by atomic mass is 9.99. The van der Waals surface area contributed by atoms with E-state index in [9.17, 15) is 8.42 Å². The third kappa shape index (κ3) is 9.16. The first-order valence-corrected chi connectivity index (χ1v) is 8.00. The van der Waals surface area contributed by atoms with Gasteiger partial charge < -0.3 is 0 Å². The summed E-state index contributed by atoms with van der Waals surface area (Å²) in [4.78, 5) is 0. The molecule has 0 aliphatic rings. The summed E-state index contributed by atoms with van der Waals surface area (Å²) in [5, 5.41) is 0. The summed E-state index contributed by atoms with van der Waals surface area (Å²) in [6, 6.07) is 0. The predicted octanol–water partition coefficient (Wildman–Crippen LogP) is 2.78. The highest BCUT2D eigenvalue weighted by atomic mass is 32.2. The minimum absolute atomic E-state index is 0.273. The van der Waals surface area contributed by atoms with Crippen LogP contribution in [0.4, 0.5) is 0 Å². The van der Waals surface area contributed by atoms with Crippen molar-refractivity contribution >= 4 is 10.0 Å². The molecular weight excluding hydrogens is 222 g/mol. The van der Waals surface area contributed by atoms with E-state index in [-0.39, 0.29) is 5.75 Å². The summed E-state index contributed by atoms with van der Waals surface area (Å²) in [6.45, 7) is 9.06. The minimum Gasteiger partial charge on any atom is -0.215 e. The van der Waals surface area contributed by atoms with Crippen molar-refractivity contribution in [2.75, 3.05) is 12.3 Å². The van der Waals surface area contributed by atoms with Crippen LogP contribution < -0.4 is 4.72 Å². The van der Waals surface area contributed by atoms with Crippen molar-refractivity contribution in [1.82, 2.24) is 4.72 Å². The molecule has 0 spiro atoms. The molecule has 0 aliphatic carbocycles. The van der Waals surface area contributed by atoms with E-state index >= 15 is 0 Å². The van der Waals surface area contributed by atoms with E-state index in [4.69, 9.17) is 0 Å². The van der Waals surface area contributed by atoms with Gasteiger partial charge in [-0.1, -0.05) is 40.5 Å². The van der Waals surface area contributed by atoms with Crippen LogP contribution in [0.3, 0.4) is 0 Å². The summed E-state index contributed by atoms with van der Waals surface area (Å²) in [5.74, 6) is 1.32. The molecule has 0 fully saturated rings. The Morgan fingerprint density at radius 3 is 2.25 bits per heavy atom. The Kier molecular flexibility index (Phi) is 8.02.